The summed E-state index contributed by atoms with van der Waals surface area (Å²) in [5, 5.41) is 12.2. The maximum Gasteiger partial charge on any atom is 0.123 e. The predicted molar refractivity (Wildman–Crippen MR) is 75.8 cm³/mol. The summed E-state index contributed by atoms with van der Waals surface area (Å²) >= 11 is 3.38. The molecule has 96 valence electrons. The van der Waals surface area contributed by atoms with Gasteiger partial charge in [-0.15, -0.1) is 0 Å². The number of nitrogens with one attached hydrogen (secondary N) is 1. The number of nitrogens with zero attached hydrogens (tertiary/aromatic N) is 1. The van der Waals surface area contributed by atoms with E-state index in [9.17, 15) is 4.39 Å². The van der Waals surface area contributed by atoms with E-state index in [0.29, 0.717) is 24.2 Å². The van der Waals surface area contributed by atoms with Crippen molar-refractivity contribution in [3.8, 4) is 6.07 Å². The Bertz CT molecular complexity index is 603. The van der Waals surface area contributed by atoms with Gasteiger partial charge in [-0.25, -0.2) is 4.39 Å². The Morgan fingerprint density at radius 1 is 1.11 bits per heavy atom. The molecule has 0 fully saturated rings. The van der Waals surface area contributed by atoms with Gasteiger partial charge in [-0.2, -0.15) is 5.26 Å². The Balaban J connectivity index is 1.98. The fourth-order valence-electron chi connectivity index (χ4n) is 1.76. The Morgan fingerprint density at radius 3 is 2.53 bits per heavy atom. The molecule has 0 heterocycles. The first-order valence-electron chi connectivity index (χ1n) is 5.83. The molecule has 0 saturated heterocycles. The van der Waals surface area contributed by atoms with E-state index in [0.717, 1.165) is 10.0 Å². The van der Waals surface area contributed by atoms with Gasteiger partial charge in [0, 0.05) is 17.6 Å². The number of rotatable bonds is 4. The topological polar surface area (TPSA) is 35.8 Å². The highest BCUT2D eigenvalue weighted by Gasteiger charge is 2.03. The molecule has 2 aromatic rings. The molecule has 0 bridgehead atoms. The molecule has 2 nitrogen and oxygen atoms in total. The molecule has 0 atom stereocenters. The molecule has 19 heavy (non-hydrogen) atoms. The van der Waals surface area contributed by atoms with Crippen LogP contribution in [0.4, 0.5) is 4.39 Å². The lowest BCUT2D eigenvalue weighted by atomic mass is 10.1. The minimum absolute atomic E-state index is 0.320. The van der Waals surface area contributed by atoms with Crippen molar-refractivity contribution >= 4 is 15.9 Å². The Morgan fingerprint density at radius 2 is 1.84 bits per heavy atom. The van der Waals surface area contributed by atoms with Gasteiger partial charge >= 0.3 is 0 Å². The molecule has 1 N–H and O–H groups in total. The summed E-state index contributed by atoms with van der Waals surface area (Å²) in [4.78, 5) is 0. The largest absolute Gasteiger partial charge is 0.309 e. The second kappa shape index (κ2) is 6.46. The van der Waals surface area contributed by atoms with E-state index in [-0.39, 0.29) is 5.82 Å². The SMILES string of the molecule is N#Cc1ccc(F)cc1CNCc1ccc(Br)cc1. The molecule has 0 unspecified atom stereocenters. The third kappa shape index (κ3) is 3.88. The van der Waals surface area contributed by atoms with Crippen LogP contribution < -0.4 is 5.32 Å². The van der Waals surface area contributed by atoms with Gasteiger partial charge < -0.3 is 5.32 Å². The van der Waals surface area contributed by atoms with E-state index in [1.807, 2.05) is 24.3 Å². The zero-order valence-corrected chi connectivity index (χ0v) is 11.7. The summed E-state index contributed by atoms with van der Waals surface area (Å²) in [6.07, 6.45) is 0. The average molecular weight is 319 g/mol. The van der Waals surface area contributed by atoms with Gasteiger partial charge in [-0.05, 0) is 41.5 Å². The van der Waals surface area contributed by atoms with Crippen molar-refractivity contribution in [3.05, 3.63) is 69.4 Å². The third-order valence-electron chi connectivity index (χ3n) is 2.75. The lowest BCUT2D eigenvalue weighted by Gasteiger charge is -2.07. The molecule has 0 aromatic heterocycles. The van der Waals surface area contributed by atoms with Crippen LogP contribution in [0.15, 0.2) is 46.9 Å². The first-order chi connectivity index (χ1) is 9.19. The van der Waals surface area contributed by atoms with Crippen LogP contribution >= 0.6 is 15.9 Å². The monoisotopic (exact) mass is 318 g/mol. The van der Waals surface area contributed by atoms with Crippen LogP contribution in [-0.4, -0.2) is 0 Å². The van der Waals surface area contributed by atoms with Crippen molar-refractivity contribution in [3.63, 3.8) is 0 Å². The van der Waals surface area contributed by atoms with E-state index in [1.54, 1.807) is 0 Å². The van der Waals surface area contributed by atoms with E-state index in [2.05, 4.69) is 27.3 Å². The standard InChI is InChI=1S/C15H12BrFN2/c16-14-4-1-11(2-5-14)9-19-10-13-7-15(17)6-3-12(13)8-18/h1-7,19H,9-10H2. The number of benzene rings is 2. The maximum atomic E-state index is 13.1. The van der Waals surface area contributed by atoms with Crippen LogP contribution in [-0.2, 0) is 13.1 Å². The van der Waals surface area contributed by atoms with Crippen molar-refractivity contribution in [2.24, 2.45) is 0 Å². The Hall–Kier alpha value is -1.70. The summed E-state index contributed by atoms with van der Waals surface area (Å²) in [6.45, 7) is 1.14. The van der Waals surface area contributed by atoms with Crippen LogP contribution in [0.1, 0.15) is 16.7 Å². The Kier molecular flexibility index (Phi) is 4.67. The Labute approximate surface area is 120 Å². The second-order valence-corrected chi connectivity index (χ2v) is 5.06. The molecular weight excluding hydrogens is 307 g/mol. The average Bonchev–Trinajstić information content (AvgIpc) is 2.41. The van der Waals surface area contributed by atoms with Gasteiger partial charge in [0.1, 0.15) is 5.82 Å². The summed E-state index contributed by atoms with van der Waals surface area (Å²) in [6, 6.07) is 14.2. The van der Waals surface area contributed by atoms with Crippen LogP contribution in [0.5, 0.6) is 0 Å². The molecular formula is C15H12BrFN2. The van der Waals surface area contributed by atoms with Crippen LogP contribution in [0, 0.1) is 17.1 Å². The van der Waals surface area contributed by atoms with Crippen LogP contribution in [0.3, 0.4) is 0 Å². The highest BCUT2D eigenvalue weighted by atomic mass is 79.9. The lowest BCUT2D eigenvalue weighted by molar-refractivity contribution is 0.619. The molecule has 0 aliphatic carbocycles. The van der Waals surface area contributed by atoms with E-state index >= 15 is 0 Å². The van der Waals surface area contributed by atoms with Crippen molar-refractivity contribution in [2.75, 3.05) is 0 Å². The molecule has 0 amide bonds. The highest BCUT2D eigenvalue weighted by molar-refractivity contribution is 9.10. The summed E-state index contributed by atoms with van der Waals surface area (Å²) in [7, 11) is 0. The van der Waals surface area contributed by atoms with E-state index in [4.69, 9.17) is 5.26 Å². The number of hydrogen-bond donors (Lipinski definition) is 1. The third-order valence-corrected chi connectivity index (χ3v) is 3.27. The summed E-state index contributed by atoms with van der Waals surface area (Å²) < 4.78 is 14.2. The number of hydrogen-bond acceptors (Lipinski definition) is 2. The lowest BCUT2D eigenvalue weighted by Crippen LogP contribution is -2.13. The first kappa shape index (κ1) is 13.7. The summed E-state index contributed by atoms with van der Waals surface area (Å²) in [5.74, 6) is -0.320. The predicted octanol–water partition coefficient (Wildman–Crippen LogP) is 3.75. The van der Waals surface area contributed by atoms with Crippen molar-refractivity contribution in [2.45, 2.75) is 13.1 Å². The zero-order chi connectivity index (χ0) is 13.7. The van der Waals surface area contributed by atoms with Gasteiger partial charge in [-0.1, -0.05) is 28.1 Å². The van der Waals surface area contributed by atoms with E-state index in [1.165, 1.54) is 18.2 Å². The quantitative estimate of drug-likeness (QED) is 0.932. The van der Waals surface area contributed by atoms with Crippen molar-refractivity contribution in [1.82, 2.24) is 5.32 Å². The number of nitriles is 1. The minimum atomic E-state index is -0.320. The van der Waals surface area contributed by atoms with Gasteiger partial charge in [0.05, 0.1) is 11.6 Å². The van der Waals surface area contributed by atoms with Gasteiger partial charge in [0.15, 0.2) is 0 Å². The second-order valence-electron chi connectivity index (χ2n) is 4.14. The van der Waals surface area contributed by atoms with Gasteiger partial charge in [-0.3, -0.25) is 0 Å². The highest BCUT2D eigenvalue weighted by Crippen LogP contribution is 2.12. The molecule has 0 radical (unpaired) electrons. The normalized spacial score (nSPS) is 10.2. The van der Waals surface area contributed by atoms with Crippen molar-refractivity contribution in [1.29, 1.82) is 5.26 Å². The molecule has 4 heteroatoms. The fraction of sp³-hybridized carbons (Fsp3) is 0.133. The molecule has 0 spiro atoms. The first-order valence-corrected chi connectivity index (χ1v) is 6.62. The number of halogens is 2. The molecule has 2 aromatic carbocycles. The molecule has 0 aliphatic rings. The van der Waals surface area contributed by atoms with Crippen LogP contribution in [0.25, 0.3) is 0 Å². The summed E-state index contributed by atoms with van der Waals surface area (Å²) in [5.41, 5.74) is 2.32. The van der Waals surface area contributed by atoms with Gasteiger partial charge in [0.2, 0.25) is 0 Å². The van der Waals surface area contributed by atoms with E-state index < -0.39 is 0 Å². The minimum Gasteiger partial charge on any atom is -0.309 e. The fourth-order valence-corrected chi connectivity index (χ4v) is 2.03. The molecule has 0 saturated carbocycles. The van der Waals surface area contributed by atoms with Crippen molar-refractivity contribution < 1.29 is 4.39 Å². The molecule has 2 rings (SSSR count). The maximum absolute atomic E-state index is 13.1. The smallest absolute Gasteiger partial charge is 0.123 e. The molecule has 0 aliphatic heterocycles. The van der Waals surface area contributed by atoms with Gasteiger partial charge in [0.25, 0.3) is 0 Å². The zero-order valence-electron chi connectivity index (χ0n) is 10.2. The van der Waals surface area contributed by atoms with Crippen LogP contribution in [0.2, 0.25) is 0 Å².